The smallest absolute Gasteiger partial charge is 0.0758 e. The van der Waals surface area contributed by atoms with E-state index in [1.165, 1.54) is 13.1 Å². The molecule has 1 N–H and O–H groups in total. The molecule has 1 unspecified atom stereocenters. The summed E-state index contributed by atoms with van der Waals surface area (Å²) in [7, 11) is 0. The highest BCUT2D eigenvalue weighted by Gasteiger charge is 2.10. The lowest BCUT2D eigenvalue weighted by Gasteiger charge is -2.10. The first-order valence-corrected chi connectivity index (χ1v) is 6.23. The Morgan fingerprint density at radius 1 is 1.58 bits per heavy atom. The molecule has 0 amide bonds. The van der Waals surface area contributed by atoms with E-state index in [0.717, 1.165) is 6.54 Å². The molecular formula is C8H11Br2NS. The standard InChI is InChI=1S/C8H11Br2NS/c1-3-11-5(2)6-4-7(9)12-8(6)10/h4-5,11H,3H2,1-2H3. The van der Waals surface area contributed by atoms with Crippen LogP contribution in [0.4, 0.5) is 0 Å². The summed E-state index contributed by atoms with van der Waals surface area (Å²) in [6, 6.07) is 2.58. The van der Waals surface area contributed by atoms with Crippen LogP contribution >= 0.6 is 43.2 Å². The van der Waals surface area contributed by atoms with E-state index in [4.69, 9.17) is 0 Å². The number of rotatable bonds is 3. The zero-order valence-corrected chi connectivity index (χ0v) is 11.0. The van der Waals surface area contributed by atoms with Gasteiger partial charge in [0, 0.05) is 6.04 Å². The van der Waals surface area contributed by atoms with Gasteiger partial charge < -0.3 is 5.32 Å². The van der Waals surface area contributed by atoms with E-state index >= 15 is 0 Å². The van der Waals surface area contributed by atoms with Crippen LogP contribution in [0.25, 0.3) is 0 Å². The lowest BCUT2D eigenvalue weighted by atomic mass is 10.2. The second-order valence-electron chi connectivity index (χ2n) is 2.56. The zero-order valence-electron chi connectivity index (χ0n) is 7.03. The third-order valence-corrected chi connectivity index (χ3v) is 4.05. The fraction of sp³-hybridized carbons (Fsp3) is 0.500. The maximum atomic E-state index is 3.54. The monoisotopic (exact) mass is 311 g/mol. The molecule has 1 aromatic rings. The fourth-order valence-electron chi connectivity index (χ4n) is 1.06. The lowest BCUT2D eigenvalue weighted by Crippen LogP contribution is -2.17. The third kappa shape index (κ3) is 2.55. The Hall–Kier alpha value is 0.620. The van der Waals surface area contributed by atoms with Crippen LogP contribution in [-0.4, -0.2) is 6.54 Å². The minimum absolute atomic E-state index is 0.423. The van der Waals surface area contributed by atoms with Gasteiger partial charge in [0.25, 0.3) is 0 Å². The predicted octanol–water partition coefficient (Wildman–Crippen LogP) is 3.94. The minimum Gasteiger partial charge on any atom is -0.310 e. The Morgan fingerprint density at radius 3 is 2.67 bits per heavy atom. The number of thiophene rings is 1. The van der Waals surface area contributed by atoms with Crippen molar-refractivity contribution in [3.05, 3.63) is 19.2 Å². The van der Waals surface area contributed by atoms with Crippen molar-refractivity contribution in [1.29, 1.82) is 0 Å². The van der Waals surface area contributed by atoms with Crippen LogP contribution in [0.15, 0.2) is 13.6 Å². The maximum Gasteiger partial charge on any atom is 0.0758 e. The number of halogens is 2. The van der Waals surface area contributed by atoms with Gasteiger partial charge in [-0.1, -0.05) is 6.92 Å². The van der Waals surface area contributed by atoms with E-state index in [-0.39, 0.29) is 0 Å². The van der Waals surface area contributed by atoms with E-state index < -0.39 is 0 Å². The molecule has 1 heterocycles. The summed E-state index contributed by atoms with van der Waals surface area (Å²) < 4.78 is 2.39. The Bertz CT molecular complexity index is 260. The Morgan fingerprint density at radius 2 is 2.25 bits per heavy atom. The molecule has 1 aromatic heterocycles. The topological polar surface area (TPSA) is 12.0 Å². The van der Waals surface area contributed by atoms with Gasteiger partial charge in [0.05, 0.1) is 7.57 Å². The number of hydrogen-bond acceptors (Lipinski definition) is 2. The first-order chi connectivity index (χ1) is 5.65. The molecule has 0 aliphatic carbocycles. The molecular weight excluding hydrogens is 302 g/mol. The molecule has 0 radical (unpaired) electrons. The highest BCUT2D eigenvalue weighted by molar-refractivity contribution is 9.12. The van der Waals surface area contributed by atoms with Crippen LogP contribution in [-0.2, 0) is 0 Å². The molecule has 1 rings (SSSR count). The Balaban J connectivity index is 2.79. The first kappa shape index (κ1) is 10.7. The molecule has 12 heavy (non-hydrogen) atoms. The molecule has 0 aliphatic rings. The van der Waals surface area contributed by atoms with Gasteiger partial charge in [-0.2, -0.15) is 0 Å². The third-order valence-electron chi connectivity index (χ3n) is 1.66. The molecule has 1 atom stereocenters. The average molecular weight is 313 g/mol. The molecule has 0 saturated heterocycles. The highest BCUT2D eigenvalue weighted by atomic mass is 79.9. The number of nitrogens with one attached hydrogen (secondary N) is 1. The van der Waals surface area contributed by atoms with Gasteiger partial charge in [-0.3, -0.25) is 0 Å². The predicted molar refractivity (Wildman–Crippen MR) is 61.8 cm³/mol. The summed E-state index contributed by atoms with van der Waals surface area (Å²) >= 11 is 8.72. The van der Waals surface area contributed by atoms with E-state index in [2.05, 4.69) is 57.1 Å². The van der Waals surface area contributed by atoms with Gasteiger partial charge >= 0.3 is 0 Å². The lowest BCUT2D eigenvalue weighted by molar-refractivity contribution is 0.598. The summed E-state index contributed by atoms with van der Waals surface area (Å²) in [5.41, 5.74) is 1.33. The normalized spacial score (nSPS) is 13.3. The molecule has 0 aromatic carbocycles. The van der Waals surface area contributed by atoms with Gasteiger partial charge in [-0.05, 0) is 57.0 Å². The van der Waals surface area contributed by atoms with Crippen molar-refractivity contribution in [2.75, 3.05) is 6.54 Å². The molecule has 0 fully saturated rings. The van der Waals surface area contributed by atoms with Gasteiger partial charge in [-0.25, -0.2) is 0 Å². The van der Waals surface area contributed by atoms with Crippen molar-refractivity contribution in [2.24, 2.45) is 0 Å². The number of hydrogen-bond donors (Lipinski definition) is 1. The van der Waals surface area contributed by atoms with E-state index in [9.17, 15) is 0 Å². The summed E-state index contributed by atoms with van der Waals surface area (Å²) in [4.78, 5) is 0. The summed E-state index contributed by atoms with van der Waals surface area (Å²) in [6.45, 7) is 5.29. The summed E-state index contributed by atoms with van der Waals surface area (Å²) in [6.07, 6.45) is 0. The van der Waals surface area contributed by atoms with Gasteiger partial charge in [0.15, 0.2) is 0 Å². The zero-order chi connectivity index (χ0) is 9.14. The van der Waals surface area contributed by atoms with Crippen LogP contribution in [0.3, 0.4) is 0 Å². The second kappa shape index (κ2) is 4.74. The second-order valence-corrected chi connectivity index (χ2v) is 6.31. The molecule has 0 aliphatic heterocycles. The largest absolute Gasteiger partial charge is 0.310 e. The van der Waals surface area contributed by atoms with Crippen LogP contribution in [0.1, 0.15) is 25.5 Å². The molecule has 68 valence electrons. The van der Waals surface area contributed by atoms with Crippen molar-refractivity contribution in [3.8, 4) is 0 Å². The molecule has 0 spiro atoms. The van der Waals surface area contributed by atoms with Crippen LogP contribution in [0.2, 0.25) is 0 Å². The molecule has 0 bridgehead atoms. The van der Waals surface area contributed by atoms with Crippen molar-refractivity contribution in [3.63, 3.8) is 0 Å². The Labute approximate surface area is 93.8 Å². The van der Waals surface area contributed by atoms with E-state index in [1.807, 2.05) is 0 Å². The SMILES string of the molecule is CCNC(C)c1cc(Br)sc1Br. The molecule has 0 saturated carbocycles. The highest BCUT2D eigenvalue weighted by Crippen LogP contribution is 2.35. The van der Waals surface area contributed by atoms with E-state index in [1.54, 1.807) is 11.3 Å². The molecule has 4 heteroatoms. The van der Waals surface area contributed by atoms with Crippen molar-refractivity contribution < 1.29 is 0 Å². The summed E-state index contributed by atoms with van der Waals surface area (Å²) in [5, 5.41) is 3.37. The van der Waals surface area contributed by atoms with Gasteiger partial charge in [0.1, 0.15) is 0 Å². The van der Waals surface area contributed by atoms with Crippen molar-refractivity contribution in [1.82, 2.24) is 5.32 Å². The van der Waals surface area contributed by atoms with Gasteiger partial charge in [0.2, 0.25) is 0 Å². The van der Waals surface area contributed by atoms with Crippen LogP contribution in [0.5, 0.6) is 0 Å². The molecule has 1 nitrogen and oxygen atoms in total. The van der Waals surface area contributed by atoms with Crippen LogP contribution in [0, 0.1) is 0 Å². The fourth-order valence-corrected chi connectivity index (χ4v) is 4.14. The average Bonchev–Trinajstić information content (AvgIpc) is 2.30. The van der Waals surface area contributed by atoms with E-state index in [0.29, 0.717) is 6.04 Å². The summed E-state index contributed by atoms with van der Waals surface area (Å²) in [5.74, 6) is 0. The van der Waals surface area contributed by atoms with Crippen molar-refractivity contribution >= 4 is 43.2 Å². The quantitative estimate of drug-likeness (QED) is 0.891. The van der Waals surface area contributed by atoms with Crippen molar-refractivity contribution in [2.45, 2.75) is 19.9 Å². The van der Waals surface area contributed by atoms with Gasteiger partial charge in [-0.15, -0.1) is 11.3 Å². The first-order valence-electron chi connectivity index (χ1n) is 3.83. The maximum absolute atomic E-state index is 3.54. The minimum atomic E-state index is 0.423. The van der Waals surface area contributed by atoms with Crippen LogP contribution < -0.4 is 5.32 Å². The Kier molecular flexibility index (Phi) is 4.23.